The lowest BCUT2D eigenvalue weighted by Crippen LogP contribution is -1.93. The van der Waals surface area contributed by atoms with Gasteiger partial charge in [0.15, 0.2) is 0 Å². The first-order chi connectivity index (χ1) is 27.2. The molecular weight excluding hydrogens is 673 g/mol. The smallest absolute Gasteiger partial charge is 0.00258 e. The summed E-state index contributed by atoms with van der Waals surface area (Å²) in [6.07, 6.45) is 14.1. The largest absolute Gasteiger partial charge is 0.103 e. The molecule has 0 atom stereocenters. The molecule has 0 amide bonds. The fourth-order valence-corrected chi connectivity index (χ4v) is 7.02. The van der Waals surface area contributed by atoms with Crippen molar-refractivity contribution >= 4 is 0 Å². The molecular formula is C56H60. The highest BCUT2D eigenvalue weighted by atomic mass is 14.1. The van der Waals surface area contributed by atoms with Gasteiger partial charge in [-0.15, -0.1) is 13.2 Å². The predicted octanol–water partition coefficient (Wildman–Crippen LogP) is 14.0. The van der Waals surface area contributed by atoms with Crippen molar-refractivity contribution in [1.29, 1.82) is 0 Å². The first-order valence-corrected chi connectivity index (χ1v) is 20.2. The zero-order chi connectivity index (χ0) is 39.5. The van der Waals surface area contributed by atoms with Crippen LogP contribution in [0.3, 0.4) is 0 Å². The molecule has 0 saturated heterocycles. The summed E-state index contributed by atoms with van der Waals surface area (Å²) in [6, 6.07) is 53.8. The Bertz CT molecular complexity index is 2100. The fraction of sp³-hybridized carbons (Fsp3) is 0.214. The molecule has 0 aliphatic rings. The average molecular weight is 733 g/mol. The highest BCUT2D eigenvalue weighted by Gasteiger charge is 2.03. The second-order valence-electron chi connectivity index (χ2n) is 15.5. The van der Waals surface area contributed by atoms with Gasteiger partial charge >= 0.3 is 0 Å². The highest BCUT2D eigenvalue weighted by Crippen LogP contribution is 2.18. The van der Waals surface area contributed by atoms with Crippen molar-refractivity contribution in [2.75, 3.05) is 0 Å². The summed E-state index contributed by atoms with van der Waals surface area (Å²) in [6.45, 7) is 19.7. The van der Waals surface area contributed by atoms with Gasteiger partial charge in [0.05, 0.1) is 0 Å². The third-order valence-electron chi connectivity index (χ3n) is 10.1. The summed E-state index contributed by atoms with van der Waals surface area (Å²) in [5.41, 5.74) is 18.7. The van der Waals surface area contributed by atoms with Gasteiger partial charge in [0.1, 0.15) is 0 Å². The van der Waals surface area contributed by atoms with Gasteiger partial charge in [-0.3, -0.25) is 0 Å². The molecule has 284 valence electrons. The molecule has 0 aliphatic carbocycles. The maximum atomic E-state index is 3.99. The number of rotatable bonds is 18. The van der Waals surface area contributed by atoms with Gasteiger partial charge in [-0.05, 0) is 145 Å². The topological polar surface area (TPSA) is 0 Å². The average Bonchev–Trinajstić information content (AvgIpc) is 3.19. The van der Waals surface area contributed by atoms with Gasteiger partial charge in [-0.25, -0.2) is 0 Å². The van der Waals surface area contributed by atoms with Crippen molar-refractivity contribution < 1.29 is 0 Å². The van der Waals surface area contributed by atoms with Crippen LogP contribution in [0.5, 0.6) is 0 Å². The molecule has 0 saturated carbocycles. The first-order valence-electron chi connectivity index (χ1n) is 20.2. The Morgan fingerprint density at radius 1 is 0.339 bits per heavy atom. The van der Waals surface area contributed by atoms with Crippen LogP contribution in [0.25, 0.3) is 0 Å². The molecule has 0 heteroatoms. The molecule has 0 heterocycles. The van der Waals surface area contributed by atoms with Crippen molar-refractivity contribution in [2.24, 2.45) is 0 Å². The van der Waals surface area contributed by atoms with Crippen molar-refractivity contribution in [3.05, 3.63) is 262 Å². The summed E-state index contributed by atoms with van der Waals surface area (Å²) in [4.78, 5) is 0. The van der Waals surface area contributed by atoms with Crippen LogP contribution in [-0.4, -0.2) is 0 Å². The lowest BCUT2D eigenvalue weighted by atomic mass is 9.98. The normalized spacial score (nSPS) is 10.6. The van der Waals surface area contributed by atoms with Crippen LogP contribution < -0.4 is 0 Å². The zero-order valence-electron chi connectivity index (χ0n) is 33.9. The number of hydrogen-bond donors (Lipinski definition) is 0. The van der Waals surface area contributed by atoms with Gasteiger partial charge in [0.25, 0.3) is 0 Å². The zero-order valence-corrected chi connectivity index (χ0v) is 33.9. The molecule has 0 spiro atoms. The first kappa shape index (κ1) is 41.4. The van der Waals surface area contributed by atoms with Crippen LogP contribution in [0.15, 0.2) is 195 Å². The Morgan fingerprint density at radius 2 is 0.554 bits per heavy atom. The molecule has 6 aromatic carbocycles. The van der Waals surface area contributed by atoms with Gasteiger partial charge in [0, 0.05) is 0 Å². The van der Waals surface area contributed by atoms with E-state index in [9.17, 15) is 0 Å². The Kier molecular flexibility index (Phi) is 16.3. The molecule has 6 rings (SSSR count). The van der Waals surface area contributed by atoms with E-state index in [2.05, 4.69) is 186 Å². The summed E-state index contributed by atoms with van der Waals surface area (Å²) < 4.78 is 0. The lowest BCUT2D eigenvalue weighted by Gasteiger charge is -2.07. The van der Waals surface area contributed by atoms with E-state index in [-0.39, 0.29) is 0 Å². The summed E-state index contributed by atoms with van der Waals surface area (Å²) in [5.74, 6) is 0. The van der Waals surface area contributed by atoms with Crippen LogP contribution in [0, 0.1) is 0 Å². The maximum absolute atomic E-state index is 3.99. The molecule has 0 aromatic heterocycles. The Morgan fingerprint density at radius 3 is 0.786 bits per heavy atom. The third kappa shape index (κ3) is 14.5. The van der Waals surface area contributed by atoms with Gasteiger partial charge in [-0.2, -0.15) is 0 Å². The van der Waals surface area contributed by atoms with Crippen LogP contribution in [-0.2, 0) is 57.8 Å². The van der Waals surface area contributed by atoms with E-state index >= 15 is 0 Å². The molecule has 6 aromatic rings. The monoisotopic (exact) mass is 732 g/mol. The quantitative estimate of drug-likeness (QED) is 0.0772. The van der Waals surface area contributed by atoms with Crippen molar-refractivity contribution in [3.63, 3.8) is 0 Å². The van der Waals surface area contributed by atoms with E-state index < -0.39 is 0 Å². The van der Waals surface area contributed by atoms with E-state index in [1.54, 1.807) is 0 Å². The van der Waals surface area contributed by atoms with E-state index in [1.807, 2.05) is 12.2 Å². The van der Waals surface area contributed by atoms with E-state index in [1.165, 1.54) is 84.3 Å². The Labute approximate surface area is 338 Å². The summed E-state index contributed by atoms with van der Waals surface area (Å²) >= 11 is 0. The molecule has 0 aliphatic heterocycles. The van der Waals surface area contributed by atoms with E-state index in [0.717, 1.165) is 57.8 Å². The van der Waals surface area contributed by atoms with Crippen LogP contribution in [0.1, 0.15) is 87.0 Å². The van der Waals surface area contributed by atoms with Gasteiger partial charge in [0.2, 0.25) is 0 Å². The minimum atomic E-state index is 0.934. The van der Waals surface area contributed by atoms with Crippen LogP contribution in [0.4, 0.5) is 0 Å². The summed E-state index contributed by atoms with van der Waals surface area (Å²) in [7, 11) is 0. The molecule has 0 N–H and O–H groups in total. The molecule has 0 unspecified atom stereocenters. The minimum Gasteiger partial charge on any atom is -0.103 e. The number of benzene rings is 6. The molecule has 0 fully saturated rings. The van der Waals surface area contributed by atoms with E-state index in [4.69, 9.17) is 0 Å². The number of allylic oxidation sites excluding steroid dienone is 4. The molecule has 56 heavy (non-hydrogen) atoms. The molecule has 0 nitrogen and oxygen atoms in total. The molecule has 0 bridgehead atoms. The second-order valence-corrected chi connectivity index (χ2v) is 15.5. The number of aryl methyl sites for hydroxylation is 2. The Hall–Kier alpha value is -5.72. The fourth-order valence-electron chi connectivity index (χ4n) is 7.02. The van der Waals surface area contributed by atoms with E-state index in [0.29, 0.717) is 0 Å². The van der Waals surface area contributed by atoms with Crippen molar-refractivity contribution in [2.45, 2.75) is 78.1 Å². The predicted molar refractivity (Wildman–Crippen MR) is 244 cm³/mol. The Balaban J connectivity index is 0.000000215. The highest BCUT2D eigenvalue weighted by molar-refractivity contribution is 5.35. The number of hydrogen-bond acceptors (Lipinski definition) is 0. The third-order valence-corrected chi connectivity index (χ3v) is 10.1. The van der Waals surface area contributed by atoms with Crippen LogP contribution in [0.2, 0.25) is 0 Å². The second kappa shape index (κ2) is 22.0. The molecule has 0 radical (unpaired) electrons. The van der Waals surface area contributed by atoms with Crippen molar-refractivity contribution in [3.8, 4) is 0 Å². The SMILES string of the molecule is C=CCc1ccc(CCCc2ccc(Cc3ccc(CC(=C)C)cc3)cc2)cc1.C=CCc1ccc(Cc2ccc(Cc3ccc(CC(=C)C)cc3)cc2)cc1. The maximum Gasteiger partial charge on any atom is -0.00258 e. The van der Waals surface area contributed by atoms with Crippen molar-refractivity contribution in [1.82, 2.24) is 0 Å². The van der Waals surface area contributed by atoms with Gasteiger partial charge in [-0.1, -0.05) is 182 Å². The van der Waals surface area contributed by atoms with Crippen LogP contribution >= 0.6 is 0 Å². The van der Waals surface area contributed by atoms with Gasteiger partial charge < -0.3 is 0 Å². The lowest BCUT2D eigenvalue weighted by molar-refractivity contribution is 0.819. The standard InChI is InChI=1S/C29H32.C27H28/c1-4-6-24-9-11-25(12-10-24)7-5-8-26-13-15-28(16-14-26)22-29-19-17-27(18-20-29)21-23(2)3;1-4-5-22-6-8-24(9-7-22)19-26-14-16-27(17-15-26)20-25-12-10-23(11-13-25)18-21(2)3/h4,9-20H,1-2,5-8,21-22H2,3H3;4,6-17H,1-2,5,18-20H2,3H3. The summed E-state index contributed by atoms with van der Waals surface area (Å²) in [5, 5.41) is 0. The minimum absolute atomic E-state index is 0.934.